The van der Waals surface area contributed by atoms with Crippen molar-refractivity contribution >= 4 is 5.91 Å². The molecule has 0 aromatic heterocycles. The van der Waals surface area contributed by atoms with Crippen LogP contribution < -0.4 is 11.2 Å². The zero-order chi connectivity index (χ0) is 11.4. The Bertz CT molecular complexity index is 155. The smallest absolute Gasteiger partial charge is 0.219 e. The van der Waals surface area contributed by atoms with Gasteiger partial charge in [0, 0.05) is 13.0 Å². The van der Waals surface area contributed by atoms with Gasteiger partial charge in [-0.05, 0) is 0 Å². The third-order valence-electron chi connectivity index (χ3n) is 1.61. The average molecular weight is 220 g/mol. The predicted octanol–water partition coefficient (Wildman–Crippen LogP) is -0.564. The van der Waals surface area contributed by atoms with Crippen molar-refractivity contribution < 1.29 is 19.1 Å². The highest BCUT2D eigenvalue weighted by atomic mass is 16.6. The number of carbonyl (C=O) groups is 1. The van der Waals surface area contributed by atoms with Crippen LogP contribution in [0.15, 0.2) is 0 Å². The SMILES string of the molecule is CCC(=O)NCCOCCOCCON. The number of hydrogen-bond donors (Lipinski definition) is 2. The molecule has 0 aromatic carbocycles. The van der Waals surface area contributed by atoms with Crippen LogP contribution in [0.25, 0.3) is 0 Å². The van der Waals surface area contributed by atoms with E-state index in [0.717, 1.165) is 0 Å². The summed E-state index contributed by atoms with van der Waals surface area (Å²) in [4.78, 5) is 15.1. The van der Waals surface area contributed by atoms with Crippen molar-refractivity contribution in [3.05, 3.63) is 0 Å². The Kier molecular flexibility index (Phi) is 10.9. The van der Waals surface area contributed by atoms with Gasteiger partial charge in [0.05, 0.1) is 33.0 Å². The fourth-order valence-electron chi connectivity index (χ4n) is 0.817. The molecule has 6 heteroatoms. The number of rotatable bonds is 10. The second-order valence-electron chi connectivity index (χ2n) is 2.80. The fraction of sp³-hybridized carbons (Fsp3) is 0.889. The molecular weight excluding hydrogens is 200 g/mol. The van der Waals surface area contributed by atoms with E-state index in [0.29, 0.717) is 46.0 Å². The summed E-state index contributed by atoms with van der Waals surface area (Å²) in [6, 6.07) is 0. The Morgan fingerprint density at radius 2 is 1.73 bits per heavy atom. The van der Waals surface area contributed by atoms with Crippen LogP contribution in [0.3, 0.4) is 0 Å². The van der Waals surface area contributed by atoms with E-state index in [1.165, 1.54) is 0 Å². The summed E-state index contributed by atoms with van der Waals surface area (Å²) in [5, 5.41) is 2.70. The second-order valence-corrected chi connectivity index (χ2v) is 2.80. The molecule has 0 aliphatic heterocycles. The maximum absolute atomic E-state index is 10.8. The van der Waals surface area contributed by atoms with Crippen LogP contribution >= 0.6 is 0 Å². The topological polar surface area (TPSA) is 82.8 Å². The largest absolute Gasteiger partial charge is 0.377 e. The van der Waals surface area contributed by atoms with Gasteiger partial charge in [0.2, 0.25) is 5.91 Å². The minimum Gasteiger partial charge on any atom is -0.377 e. The first-order chi connectivity index (χ1) is 7.31. The van der Waals surface area contributed by atoms with Gasteiger partial charge >= 0.3 is 0 Å². The number of nitrogens with one attached hydrogen (secondary N) is 1. The minimum atomic E-state index is 0.0370. The van der Waals surface area contributed by atoms with E-state index >= 15 is 0 Å². The maximum atomic E-state index is 10.8. The van der Waals surface area contributed by atoms with Crippen molar-refractivity contribution in [2.24, 2.45) is 5.90 Å². The Morgan fingerprint density at radius 3 is 2.33 bits per heavy atom. The molecule has 0 aromatic rings. The van der Waals surface area contributed by atoms with Gasteiger partial charge in [-0.25, -0.2) is 5.90 Å². The van der Waals surface area contributed by atoms with Crippen LogP contribution in [0, 0.1) is 0 Å². The summed E-state index contributed by atoms with van der Waals surface area (Å²) >= 11 is 0. The highest BCUT2D eigenvalue weighted by Crippen LogP contribution is 1.79. The molecule has 1 amide bonds. The number of nitrogens with two attached hydrogens (primary N) is 1. The fourth-order valence-corrected chi connectivity index (χ4v) is 0.817. The van der Waals surface area contributed by atoms with E-state index in [2.05, 4.69) is 10.2 Å². The quantitative estimate of drug-likeness (QED) is 0.381. The first-order valence-electron chi connectivity index (χ1n) is 5.05. The molecule has 0 aliphatic rings. The Hall–Kier alpha value is -0.690. The zero-order valence-corrected chi connectivity index (χ0v) is 9.16. The van der Waals surface area contributed by atoms with Gasteiger partial charge in [-0.15, -0.1) is 0 Å². The molecule has 3 N–H and O–H groups in total. The molecule has 15 heavy (non-hydrogen) atoms. The lowest BCUT2D eigenvalue weighted by Gasteiger charge is -2.06. The van der Waals surface area contributed by atoms with E-state index in [1.807, 2.05) is 6.92 Å². The molecule has 0 spiro atoms. The summed E-state index contributed by atoms with van der Waals surface area (Å²) in [6.07, 6.45) is 0.502. The lowest BCUT2D eigenvalue weighted by atomic mass is 10.4. The molecule has 0 saturated heterocycles. The van der Waals surface area contributed by atoms with E-state index in [-0.39, 0.29) is 5.91 Å². The first kappa shape index (κ1) is 14.3. The van der Waals surface area contributed by atoms with E-state index in [1.54, 1.807) is 0 Å². The van der Waals surface area contributed by atoms with Crippen LogP contribution in [-0.2, 0) is 19.1 Å². The Morgan fingerprint density at radius 1 is 1.13 bits per heavy atom. The van der Waals surface area contributed by atoms with Gasteiger partial charge in [-0.1, -0.05) is 6.92 Å². The second kappa shape index (κ2) is 11.4. The van der Waals surface area contributed by atoms with Crippen LogP contribution in [0.2, 0.25) is 0 Å². The lowest BCUT2D eigenvalue weighted by Crippen LogP contribution is -2.26. The summed E-state index contributed by atoms with van der Waals surface area (Å²) in [5.74, 6) is 4.84. The third-order valence-corrected chi connectivity index (χ3v) is 1.61. The van der Waals surface area contributed by atoms with Gasteiger partial charge in [-0.3, -0.25) is 4.79 Å². The summed E-state index contributed by atoms with van der Waals surface area (Å²) in [7, 11) is 0. The Labute approximate surface area is 90.0 Å². The average Bonchev–Trinajstić information content (AvgIpc) is 2.26. The number of hydrogen-bond acceptors (Lipinski definition) is 5. The molecule has 6 nitrogen and oxygen atoms in total. The number of amides is 1. The molecule has 0 rings (SSSR count). The number of ether oxygens (including phenoxy) is 2. The molecule has 0 unspecified atom stereocenters. The van der Waals surface area contributed by atoms with Gasteiger partial charge < -0.3 is 19.6 Å². The van der Waals surface area contributed by atoms with Gasteiger partial charge in [0.15, 0.2) is 0 Å². The van der Waals surface area contributed by atoms with Crippen molar-refractivity contribution in [1.82, 2.24) is 5.32 Å². The van der Waals surface area contributed by atoms with Crippen molar-refractivity contribution in [1.29, 1.82) is 0 Å². The minimum absolute atomic E-state index is 0.0370. The predicted molar refractivity (Wildman–Crippen MR) is 55.1 cm³/mol. The monoisotopic (exact) mass is 220 g/mol. The van der Waals surface area contributed by atoms with Crippen molar-refractivity contribution in [2.75, 3.05) is 39.6 Å². The van der Waals surface area contributed by atoms with E-state index in [9.17, 15) is 4.79 Å². The highest BCUT2D eigenvalue weighted by molar-refractivity contribution is 5.75. The molecule has 0 atom stereocenters. The standard InChI is InChI=1S/C9H20N2O4/c1-2-9(12)11-3-4-13-5-6-14-7-8-15-10/h2-8,10H2,1H3,(H,11,12). The molecule has 0 radical (unpaired) electrons. The van der Waals surface area contributed by atoms with Gasteiger partial charge in [0.1, 0.15) is 0 Å². The van der Waals surface area contributed by atoms with E-state index in [4.69, 9.17) is 15.4 Å². The van der Waals surface area contributed by atoms with Crippen LogP contribution in [0.4, 0.5) is 0 Å². The molecule has 0 bridgehead atoms. The molecular formula is C9H20N2O4. The number of carbonyl (C=O) groups excluding carboxylic acids is 1. The summed E-state index contributed by atoms with van der Waals surface area (Å²) in [6.45, 7) is 4.71. The first-order valence-corrected chi connectivity index (χ1v) is 5.05. The van der Waals surface area contributed by atoms with Crippen molar-refractivity contribution in [3.8, 4) is 0 Å². The highest BCUT2D eigenvalue weighted by Gasteiger charge is 1.94. The summed E-state index contributed by atoms with van der Waals surface area (Å²) in [5.41, 5.74) is 0. The molecule has 0 heterocycles. The lowest BCUT2D eigenvalue weighted by molar-refractivity contribution is -0.121. The maximum Gasteiger partial charge on any atom is 0.219 e. The van der Waals surface area contributed by atoms with Crippen molar-refractivity contribution in [2.45, 2.75) is 13.3 Å². The molecule has 0 saturated carbocycles. The van der Waals surface area contributed by atoms with Gasteiger partial charge in [-0.2, -0.15) is 0 Å². The molecule has 0 fully saturated rings. The molecule has 0 aliphatic carbocycles. The molecule has 90 valence electrons. The van der Waals surface area contributed by atoms with Gasteiger partial charge in [0.25, 0.3) is 0 Å². The summed E-state index contributed by atoms with van der Waals surface area (Å²) < 4.78 is 10.3. The van der Waals surface area contributed by atoms with Crippen LogP contribution in [0.1, 0.15) is 13.3 Å². The third kappa shape index (κ3) is 11.2. The Balaban J connectivity index is 2.95. The zero-order valence-electron chi connectivity index (χ0n) is 9.16. The van der Waals surface area contributed by atoms with E-state index < -0.39 is 0 Å². The van der Waals surface area contributed by atoms with Crippen LogP contribution in [0.5, 0.6) is 0 Å². The van der Waals surface area contributed by atoms with Crippen LogP contribution in [-0.4, -0.2) is 45.5 Å². The normalized spacial score (nSPS) is 10.3. The van der Waals surface area contributed by atoms with Crippen molar-refractivity contribution in [3.63, 3.8) is 0 Å².